The highest BCUT2D eigenvalue weighted by Crippen LogP contribution is 2.41. The maximum Gasteiger partial charge on any atom is 0.146 e. The van der Waals surface area contributed by atoms with E-state index in [1.165, 1.54) is 44.9 Å². The number of pyridine rings is 3. The molecule has 0 saturated carbocycles. The molecule has 0 fully saturated rings. The molecule has 0 aliphatic heterocycles. The molecule has 0 radical (unpaired) electrons. The summed E-state index contributed by atoms with van der Waals surface area (Å²) in [5.74, 6) is 26.2. The molecule has 0 unspecified atom stereocenters. The van der Waals surface area contributed by atoms with Gasteiger partial charge in [-0.1, -0.05) is 184 Å². The van der Waals surface area contributed by atoms with Crippen molar-refractivity contribution in [1.29, 1.82) is 0 Å². The topological polar surface area (TPSA) is 66.4 Å². The van der Waals surface area contributed by atoms with E-state index in [0.717, 1.165) is 116 Å². The Bertz CT molecular complexity index is 3040. The third-order valence-electron chi connectivity index (χ3n) is 13.6. The minimum Gasteiger partial charge on any atom is -0.494 e. The van der Waals surface area contributed by atoms with Gasteiger partial charge in [-0.3, -0.25) is 9.97 Å². The summed E-state index contributed by atoms with van der Waals surface area (Å²) < 4.78 is 19.6. The highest BCUT2D eigenvalue weighted by molar-refractivity contribution is 9.10. The first-order valence-corrected chi connectivity index (χ1v) is 30.9. The van der Waals surface area contributed by atoms with Crippen LogP contribution < -0.4 is 14.2 Å². The molecule has 6 aromatic rings. The Hall–Kier alpha value is -6.55. The van der Waals surface area contributed by atoms with E-state index in [-0.39, 0.29) is 0 Å². The molecular weight excluding hydrogens is 1010 g/mol. The van der Waals surface area contributed by atoms with E-state index in [2.05, 4.69) is 137 Å². The number of aromatic nitrogens is 3. The number of benzene rings is 3. The number of unbranched alkanes of at least 4 members (excludes halogenated alkanes) is 9. The molecule has 394 valence electrons. The molecule has 0 bridgehead atoms. The summed E-state index contributed by atoms with van der Waals surface area (Å²) in [7, 11) is -1.95. The van der Waals surface area contributed by atoms with Gasteiger partial charge >= 0.3 is 0 Å². The summed E-state index contributed by atoms with van der Waals surface area (Å²) in [5, 5.41) is 0. The van der Waals surface area contributed by atoms with E-state index in [1.807, 2.05) is 84.9 Å². The molecule has 0 aliphatic carbocycles. The van der Waals surface area contributed by atoms with Crippen LogP contribution in [-0.4, -0.2) is 42.8 Å². The Balaban J connectivity index is 1.20. The maximum atomic E-state index is 6.36. The average molecular weight is 1090 g/mol. The van der Waals surface area contributed by atoms with Crippen LogP contribution in [-0.2, 0) is 0 Å². The minimum atomic E-state index is -1.95. The molecule has 0 N–H and O–H groups in total. The van der Waals surface area contributed by atoms with Gasteiger partial charge in [0.1, 0.15) is 25.3 Å². The van der Waals surface area contributed by atoms with Crippen LogP contribution in [0, 0.1) is 47.0 Å². The van der Waals surface area contributed by atoms with Crippen LogP contribution in [0.3, 0.4) is 0 Å². The fraction of sp³-hybridized carbons (Fsp3) is 0.397. The van der Waals surface area contributed by atoms with Crippen molar-refractivity contribution >= 4 is 24.0 Å². The molecule has 0 atom stereocenters. The number of rotatable bonds is 23. The number of hydrogen-bond acceptors (Lipinski definition) is 6. The molecule has 0 amide bonds. The van der Waals surface area contributed by atoms with Gasteiger partial charge in [-0.2, -0.15) is 0 Å². The van der Waals surface area contributed by atoms with Crippen LogP contribution in [0.15, 0.2) is 114 Å². The number of ether oxygens (including phenoxy) is 3. The smallest absolute Gasteiger partial charge is 0.146 e. The number of halogens is 1. The summed E-state index contributed by atoms with van der Waals surface area (Å²) >= 11 is 3.61. The zero-order valence-electron chi connectivity index (χ0n) is 46.7. The zero-order valence-corrected chi connectivity index (χ0v) is 49.3. The monoisotopic (exact) mass is 1090 g/mol. The number of nitrogens with zero attached hydrogens (tertiary/aromatic N) is 3. The van der Waals surface area contributed by atoms with Crippen LogP contribution in [0.2, 0.25) is 16.6 Å². The Kier molecular flexibility index (Phi) is 23.8. The van der Waals surface area contributed by atoms with Gasteiger partial charge in [-0.25, -0.2) is 4.98 Å². The highest BCUT2D eigenvalue weighted by atomic mass is 79.9. The molecule has 6 rings (SSSR count). The van der Waals surface area contributed by atoms with Gasteiger partial charge in [0.15, 0.2) is 0 Å². The fourth-order valence-corrected chi connectivity index (χ4v) is 15.2. The molecule has 8 heteroatoms. The van der Waals surface area contributed by atoms with Crippen molar-refractivity contribution in [2.45, 2.75) is 156 Å². The van der Waals surface area contributed by atoms with Crippen LogP contribution >= 0.6 is 15.9 Å². The minimum absolute atomic E-state index is 0.539. The van der Waals surface area contributed by atoms with E-state index in [9.17, 15) is 0 Å². The quantitative estimate of drug-likeness (QED) is 0.0362. The van der Waals surface area contributed by atoms with Crippen molar-refractivity contribution in [2.75, 3.05) is 19.8 Å². The van der Waals surface area contributed by atoms with Crippen LogP contribution in [0.4, 0.5) is 0 Å². The summed E-state index contributed by atoms with van der Waals surface area (Å²) in [4.78, 5) is 14.4. The van der Waals surface area contributed by atoms with Crippen LogP contribution in [0.25, 0.3) is 22.8 Å². The lowest BCUT2D eigenvalue weighted by Crippen LogP contribution is -2.43. The summed E-state index contributed by atoms with van der Waals surface area (Å²) in [5.41, 5.74) is 14.4. The maximum absolute atomic E-state index is 6.36. The SMILES string of the molecule is CCCCCCOc1cc(Br)cc(C#Cc2ccc(-c3cccc(-c4ccc(C#Cc5cc(C#Cc6cc(C#C[Si](C(C)C)(C(C)C)C(C)C)cc(OCCCCCC)c6)cc(OCCCCCC)c5)cn4)n3)nc2)c1. The van der Waals surface area contributed by atoms with Crippen molar-refractivity contribution in [3.63, 3.8) is 0 Å². The predicted octanol–water partition coefficient (Wildman–Crippen LogP) is 17.6. The van der Waals surface area contributed by atoms with Crippen molar-refractivity contribution in [2.24, 2.45) is 0 Å². The van der Waals surface area contributed by atoms with Crippen molar-refractivity contribution in [3.8, 4) is 87.0 Å². The van der Waals surface area contributed by atoms with Crippen molar-refractivity contribution in [3.05, 3.63) is 153 Å². The largest absolute Gasteiger partial charge is 0.494 e. The average Bonchev–Trinajstić information content (AvgIpc) is 3.41. The van der Waals surface area contributed by atoms with Gasteiger partial charge < -0.3 is 14.2 Å². The van der Waals surface area contributed by atoms with E-state index >= 15 is 0 Å². The molecular formula is C68H78BrN3O3Si. The second kappa shape index (κ2) is 30.9. The van der Waals surface area contributed by atoms with Gasteiger partial charge in [0.25, 0.3) is 0 Å². The zero-order chi connectivity index (χ0) is 54.1. The second-order valence-electron chi connectivity index (χ2n) is 20.6. The highest BCUT2D eigenvalue weighted by Gasteiger charge is 2.41. The molecule has 0 spiro atoms. The number of hydrogen-bond donors (Lipinski definition) is 0. The molecule has 0 aliphatic rings. The molecule has 76 heavy (non-hydrogen) atoms. The van der Waals surface area contributed by atoms with E-state index in [4.69, 9.17) is 29.2 Å². The van der Waals surface area contributed by atoms with E-state index < -0.39 is 8.07 Å². The third kappa shape index (κ3) is 18.3. The Labute approximate surface area is 466 Å². The predicted molar refractivity (Wildman–Crippen MR) is 323 cm³/mol. The van der Waals surface area contributed by atoms with Gasteiger partial charge in [-0.05, 0) is 127 Å². The molecule has 0 saturated heterocycles. The first kappa shape index (κ1) is 58.7. The lowest BCUT2D eigenvalue weighted by atomic mass is 10.1. The lowest BCUT2D eigenvalue weighted by molar-refractivity contribution is 0.304. The van der Waals surface area contributed by atoms with Gasteiger partial charge in [-0.15, -0.1) is 5.54 Å². The molecule has 3 aromatic carbocycles. The van der Waals surface area contributed by atoms with E-state index in [1.54, 1.807) is 12.4 Å². The normalized spacial score (nSPS) is 11.0. The Morgan fingerprint density at radius 3 is 1.14 bits per heavy atom. The molecule has 3 heterocycles. The molecule has 3 aromatic heterocycles. The third-order valence-corrected chi connectivity index (χ3v) is 20.4. The van der Waals surface area contributed by atoms with Gasteiger partial charge in [0.05, 0.1) is 42.6 Å². The first-order chi connectivity index (χ1) is 36.9. The van der Waals surface area contributed by atoms with Gasteiger partial charge in [0, 0.05) is 55.8 Å². The van der Waals surface area contributed by atoms with E-state index in [0.29, 0.717) is 36.4 Å². The second-order valence-corrected chi connectivity index (χ2v) is 27.1. The fourth-order valence-electron chi connectivity index (χ4n) is 9.53. The molecule has 6 nitrogen and oxygen atoms in total. The summed E-state index contributed by atoms with van der Waals surface area (Å²) in [6, 6.07) is 32.0. The Morgan fingerprint density at radius 2 is 0.776 bits per heavy atom. The standard InChI is InChI=1S/C68H78BrN3O3Si/c1-10-13-16-19-36-73-62-43-56(40-57(44-62)29-30-58-41-60(47-63(45-58)74-37-20-17-14-11-2)35-39-76(51(4)5,52(6)7)53(8)9)27-25-54-31-33-65(70-49-54)67-23-22-24-68(72-67)66-34-32-55(50-71-66)26-28-59-42-61(69)48-64(46-59)75-38-21-18-15-12-3/h22-24,31-34,40-53H,10-21,36-38H2,1-9H3. The summed E-state index contributed by atoms with van der Waals surface area (Å²) in [6.07, 6.45) is 17.3. The first-order valence-electron chi connectivity index (χ1n) is 27.9. The summed E-state index contributed by atoms with van der Waals surface area (Å²) in [6.45, 7) is 22.8. The lowest BCUT2D eigenvalue weighted by Gasteiger charge is -2.38. The van der Waals surface area contributed by atoms with Crippen LogP contribution in [0.5, 0.6) is 17.2 Å². The van der Waals surface area contributed by atoms with Gasteiger partial charge in [0.2, 0.25) is 0 Å². The Morgan fingerprint density at radius 1 is 0.408 bits per heavy atom. The van der Waals surface area contributed by atoms with Crippen molar-refractivity contribution < 1.29 is 14.2 Å². The van der Waals surface area contributed by atoms with Crippen molar-refractivity contribution in [1.82, 2.24) is 15.0 Å². The van der Waals surface area contributed by atoms with Crippen LogP contribution in [0.1, 0.15) is 178 Å².